The van der Waals surface area contributed by atoms with Gasteiger partial charge >= 0.3 is 0 Å². The molecule has 0 fully saturated rings. The quantitative estimate of drug-likeness (QED) is 0.346. The molecule has 2 aliphatic rings. The predicted octanol–water partition coefficient (Wildman–Crippen LogP) is 5.59. The maximum absolute atomic E-state index is 3.60. The Balaban J connectivity index is 1.76. The van der Waals surface area contributed by atoms with Gasteiger partial charge in [0.05, 0.1) is 0 Å². The number of rotatable bonds is 0. The average molecular weight is 333 g/mol. The van der Waals surface area contributed by atoms with Crippen LogP contribution in [0.4, 0.5) is 0 Å². The first kappa shape index (κ1) is 11.8. The van der Waals surface area contributed by atoms with Gasteiger partial charge in [0.2, 0.25) is 0 Å². The third-order valence-electron chi connectivity index (χ3n) is 4.84. The van der Waals surface area contributed by atoms with E-state index < -0.39 is 0 Å². The van der Waals surface area contributed by atoms with Crippen LogP contribution >= 0.6 is 15.9 Å². The molecule has 2 aliphatic carbocycles. The van der Waals surface area contributed by atoms with E-state index in [1.54, 1.807) is 5.56 Å². The summed E-state index contributed by atoms with van der Waals surface area (Å²) in [5.41, 5.74) is 11.7. The van der Waals surface area contributed by atoms with Crippen molar-refractivity contribution < 1.29 is 0 Å². The van der Waals surface area contributed by atoms with Gasteiger partial charge in [0, 0.05) is 4.47 Å². The van der Waals surface area contributed by atoms with Crippen molar-refractivity contribution >= 4 is 15.9 Å². The molecule has 1 heteroatoms. The zero-order valence-electron chi connectivity index (χ0n) is 11.5. The van der Waals surface area contributed by atoms with E-state index in [9.17, 15) is 0 Å². The smallest absolute Gasteiger partial charge is 0.0181 e. The first-order valence-electron chi connectivity index (χ1n) is 7.33. The van der Waals surface area contributed by atoms with Crippen LogP contribution in [0.25, 0.3) is 22.3 Å². The highest BCUT2D eigenvalue weighted by Crippen LogP contribution is 2.46. The first-order valence-corrected chi connectivity index (χ1v) is 8.12. The monoisotopic (exact) mass is 332 g/mol. The standard InChI is InChI=1S/C20H13Br/c21-14-6-5-13-10-20-17(18(13)11-14)8-7-16-15-4-2-1-3-12(15)9-19(16)20/h1-8,11H,9-10H2. The van der Waals surface area contributed by atoms with Gasteiger partial charge in [-0.15, -0.1) is 0 Å². The van der Waals surface area contributed by atoms with Crippen molar-refractivity contribution in [3.05, 3.63) is 81.3 Å². The van der Waals surface area contributed by atoms with E-state index in [1.165, 1.54) is 38.9 Å². The molecule has 0 aliphatic heterocycles. The highest BCUT2D eigenvalue weighted by Gasteiger charge is 2.27. The number of benzene rings is 3. The SMILES string of the molecule is Brc1ccc2c(c1)-c1ccc3c(c1C2)Cc1ccccc1-3. The Kier molecular flexibility index (Phi) is 2.29. The topological polar surface area (TPSA) is 0 Å². The minimum atomic E-state index is 1.08. The second-order valence-electron chi connectivity index (χ2n) is 5.93. The molecule has 0 saturated carbocycles. The van der Waals surface area contributed by atoms with Crippen molar-refractivity contribution in [1.29, 1.82) is 0 Å². The van der Waals surface area contributed by atoms with E-state index in [0.717, 1.165) is 17.3 Å². The molecular weight excluding hydrogens is 320 g/mol. The predicted molar refractivity (Wildman–Crippen MR) is 90.6 cm³/mol. The largest absolute Gasteiger partial charge is 0.0619 e. The lowest BCUT2D eigenvalue weighted by atomic mass is 9.96. The maximum atomic E-state index is 3.60. The van der Waals surface area contributed by atoms with Crippen LogP contribution in [0.5, 0.6) is 0 Å². The summed E-state index contributed by atoms with van der Waals surface area (Å²) >= 11 is 3.60. The fourth-order valence-corrected chi connectivity index (χ4v) is 4.23. The molecule has 100 valence electrons. The van der Waals surface area contributed by atoms with Crippen LogP contribution in [-0.2, 0) is 12.8 Å². The summed E-state index contributed by atoms with van der Waals surface area (Å²) in [6, 6.07) is 20.1. The van der Waals surface area contributed by atoms with Gasteiger partial charge in [0.15, 0.2) is 0 Å². The molecule has 0 bridgehead atoms. The van der Waals surface area contributed by atoms with Gasteiger partial charge < -0.3 is 0 Å². The molecule has 0 nitrogen and oxygen atoms in total. The molecule has 21 heavy (non-hydrogen) atoms. The summed E-state index contributed by atoms with van der Waals surface area (Å²) in [5.74, 6) is 0. The number of halogens is 1. The highest BCUT2D eigenvalue weighted by atomic mass is 79.9. The van der Waals surface area contributed by atoms with Crippen LogP contribution in [0.2, 0.25) is 0 Å². The van der Waals surface area contributed by atoms with E-state index in [4.69, 9.17) is 0 Å². The summed E-state index contributed by atoms with van der Waals surface area (Å²) in [7, 11) is 0. The summed E-state index contributed by atoms with van der Waals surface area (Å²) in [6.07, 6.45) is 2.17. The van der Waals surface area contributed by atoms with E-state index in [-0.39, 0.29) is 0 Å². The number of fused-ring (bicyclic) bond motifs is 7. The highest BCUT2D eigenvalue weighted by molar-refractivity contribution is 9.10. The van der Waals surface area contributed by atoms with Gasteiger partial charge in [-0.2, -0.15) is 0 Å². The van der Waals surface area contributed by atoms with Gasteiger partial charge in [0.25, 0.3) is 0 Å². The lowest BCUT2D eigenvalue weighted by Crippen LogP contribution is -1.90. The molecule has 0 unspecified atom stereocenters. The third kappa shape index (κ3) is 1.55. The molecule has 0 saturated heterocycles. The molecule has 3 aromatic carbocycles. The Morgan fingerprint density at radius 1 is 0.619 bits per heavy atom. The van der Waals surface area contributed by atoms with Crippen LogP contribution in [0.3, 0.4) is 0 Å². The maximum Gasteiger partial charge on any atom is 0.0181 e. The number of hydrogen-bond donors (Lipinski definition) is 0. The molecule has 0 amide bonds. The Bertz CT molecular complexity index is 906. The van der Waals surface area contributed by atoms with E-state index in [0.29, 0.717) is 0 Å². The molecule has 0 radical (unpaired) electrons. The van der Waals surface area contributed by atoms with Crippen molar-refractivity contribution in [2.24, 2.45) is 0 Å². The summed E-state index contributed by atoms with van der Waals surface area (Å²) in [6.45, 7) is 0. The van der Waals surface area contributed by atoms with Crippen molar-refractivity contribution in [2.45, 2.75) is 12.8 Å². The van der Waals surface area contributed by atoms with Crippen LogP contribution in [-0.4, -0.2) is 0 Å². The summed E-state index contributed by atoms with van der Waals surface area (Å²) < 4.78 is 1.16. The lowest BCUT2D eigenvalue weighted by Gasteiger charge is -2.07. The van der Waals surface area contributed by atoms with E-state index >= 15 is 0 Å². The van der Waals surface area contributed by atoms with Gasteiger partial charge in [-0.1, -0.05) is 58.4 Å². The van der Waals surface area contributed by atoms with Gasteiger partial charge in [0.1, 0.15) is 0 Å². The molecule has 5 rings (SSSR count). The van der Waals surface area contributed by atoms with Crippen LogP contribution in [0.15, 0.2) is 59.1 Å². The minimum Gasteiger partial charge on any atom is -0.0619 e. The third-order valence-corrected chi connectivity index (χ3v) is 5.33. The molecule has 0 atom stereocenters. The molecule has 0 heterocycles. The Morgan fingerprint density at radius 2 is 1.29 bits per heavy atom. The molecule has 0 aromatic heterocycles. The Morgan fingerprint density at radius 3 is 2.10 bits per heavy atom. The zero-order valence-corrected chi connectivity index (χ0v) is 13.1. The molecular formula is C20H13Br. The molecule has 0 spiro atoms. The fourth-order valence-electron chi connectivity index (χ4n) is 3.87. The Labute approximate surface area is 132 Å². The second-order valence-corrected chi connectivity index (χ2v) is 6.85. The van der Waals surface area contributed by atoms with E-state index in [2.05, 4.69) is 70.5 Å². The zero-order chi connectivity index (χ0) is 14.0. The van der Waals surface area contributed by atoms with Crippen molar-refractivity contribution in [3.63, 3.8) is 0 Å². The van der Waals surface area contributed by atoms with Crippen molar-refractivity contribution in [3.8, 4) is 22.3 Å². The molecule has 0 N–H and O–H groups in total. The van der Waals surface area contributed by atoms with Crippen molar-refractivity contribution in [2.75, 3.05) is 0 Å². The normalized spacial score (nSPS) is 13.6. The van der Waals surface area contributed by atoms with Crippen LogP contribution < -0.4 is 0 Å². The summed E-state index contributed by atoms with van der Waals surface area (Å²) in [5, 5.41) is 0. The minimum absolute atomic E-state index is 1.08. The van der Waals surface area contributed by atoms with Crippen LogP contribution in [0, 0.1) is 0 Å². The van der Waals surface area contributed by atoms with Crippen LogP contribution in [0.1, 0.15) is 22.3 Å². The number of hydrogen-bond acceptors (Lipinski definition) is 0. The average Bonchev–Trinajstić information content (AvgIpc) is 3.05. The fraction of sp³-hybridized carbons (Fsp3) is 0.100. The van der Waals surface area contributed by atoms with Gasteiger partial charge in [-0.05, 0) is 69.5 Å². The lowest BCUT2D eigenvalue weighted by molar-refractivity contribution is 1.16. The second kappa shape index (κ2) is 4.08. The van der Waals surface area contributed by atoms with Gasteiger partial charge in [-0.25, -0.2) is 0 Å². The molecule has 3 aromatic rings. The first-order chi connectivity index (χ1) is 10.3. The van der Waals surface area contributed by atoms with Gasteiger partial charge in [-0.3, -0.25) is 0 Å². The van der Waals surface area contributed by atoms with Crippen molar-refractivity contribution in [1.82, 2.24) is 0 Å². The van der Waals surface area contributed by atoms with E-state index in [1.807, 2.05) is 0 Å². The summed E-state index contributed by atoms with van der Waals surface area (Å²) in [4.78, 5) is 0. The Hall–Kier alpha value is -1.86.